The van der Waals surface area contributed by atoms with E-state index < -0.39 is 0 Å². The predicted octanol–water partition coefficient (Wildman–Crippen LogP) is 1.63. The highest BCUT2D eigenvalue weighted by molar-refractivity contribution is 5.09. The molecule has 0 amide bonds. The maximum Gasteiger partial charge on any atom is 0.0791 e. The van der Waals surface area contributed by atoms with Crippen molar-refractivity contribution < 1.29 is 9.84 Å². The summed E-state index contributed by atoms with van der Waals surface area (Å²) in [4.78, 5) is 2.03. The van der Waals surface area contributed by atoms with Crippen LogP contribution < -0.4 is 5.32 Å². The number of nitrogens with one attached hydrogen (secondary N) is 1. The van der Waals surface area contributed by atoms with Crippen molar-refractivity contribution >= 4 is 0 Å². The zero-order valence-corrected chi connectivity index (χ0v) is 13.4. The minimum atomic E-state index is -0.281. The van der Waals surface area contributed by atoms with Crippen molar-refractivity contribution in [1.82, 2.24) is 10.2 Å². The standard InChI is InChI=1S/C16H32N2O2/c1-4-20-15-10-14(16(15)8-6-5-7-9-16)17-11-13(19)12-18(2)3/h13-15,17,19H,4-12H2,1-3H3. The highest BCUT2D eigenvalue weighted by Crippen LogP contribution is 2.53. The number of rotatable bonds is 7. The molecule has 118 valence electrons. The van der Waals surface area contributed by atoms with E-state index in [2.05, 4.69) is 12.2 Å². The molecule has 0 aromatic carbocycles. The summed E-state index contributed by atoms with van der Waals surface area (Å²) in [6, 6.07) is 0.538. The lowest BCUT2D eigenvalue weighted by Crippen LogP contribution is -2.65. The molecule has 3 atom stereocenters. The predicted molar refractivity (Wildman–Crippen MR) is 81.9 cm³/mol. The first-order valence-electron chi connectivity index (χ1n) is 8.26. The average Bonchev–Trinajstić information content (AvgIpc) is 2.42. The first kappa shape index (κ1) is 16.2. The molecule has 4 nitrogen and oxygen atoms in total. The van der Waals surface area contributed by atoms with Gasteiger partial charge in [-0.3, -0.25) is 0 Å². The van der Waals surface area contributed by atoms with Crippen LogP contribution in [0.1, 0.15) is 45.4 Å². The Balaban J connectivity index is 1.85. The normalized spacial score (nSPS) is 30.4. The van der Waals surface area contributed by atoms with Crippen LogP contribution in [0, 0.1) is 5.41 Å². The lowest BCUT2D eigenvalue weighted by molar-refractivity contribution is -0.151. The second-order valence-corrected chi connectivity index (χ2v) is 6.85. The van der Waals surface area contributed by atoms with Gasteiger partial charge in [-0.05, 0) is 40.3 Å². The fourth-order valence-corrected chi connectivity index (χ4v) is 4.11. The molecule has 2 rings (SSSR count). The summed E-state index contributed by atoms with van der Waals surface area (Å²) in [5.74, 6) is 0. The molecule has 0 aromatic heterocycles. The van der Waals surface area contributed by atoms with E-state index in [-0.39, 0.29) is 6.10 Å². The number of aliphatic hydroxyl groups is 1. The summed E-state index contributed by atoms with van der Waals surface area (Å²) in [5.41, 5.74) is 0.353. The zero-order valence-electron chi connectivity index (χ0n) is 13.4. The fourth-order valence-electron chi connectivity index (χ4n) is 4.11. The summed E-state index contributed by atoms with van der Waals surface area (Å²) >= 11 is 0. The molecule has 20 heavy (non-hydrogen) atoms. The van der Waals surface area contributed by atoms with E-state index in [9.17, 15) is 5.11 Å². The van der Waals surface area contributed by atoms with E-state index in [0.717, 1.165) is 19.6 Å². The summed E-state index contributed by atoms with van der Waals surface area (Å²) < 4.78 is 5.96. The van der Waals surface area contributed by atoms with Crippen LogP contribution in [0.15, 0.2) is 0 Å². The van der Waals surface area contributed by atoms with Gasteiger partial charge < -0.3 is 20.1 Å². The molecular formula is C16H32N2O2. The lowest BCUT2D eigenvalue weighted by Gasteiger charge is -2.58. The topological polar surface area (TPSA) is 44.7 Å². The Morgan fingerprint density at radius 3 is 2.60 bits per heavy atom. The van der Waals surface area contributed by atoms with Crippen molar-refractivity contribution in [2.24, 2.45) is 5.41 Å². The number of hydrogen-bond acceptors (Lipinski definition) is 4. The van der Waals surface area contributed by atoms with Gasteiger partial charge in [0.05, 0.1) is 12.2 Å². The molecule has 3 unspecified atom stereocenters. The summed E-state index contributed by atoms with van der Waals surface area (Å²) in [6.45, 7) is 4.34. The molecule has 0 radical (unpaired) electrons. The van der Waals surface area contributed by atoms with Crippen LogP contribution in [0.25, 0.3) is 0 Å². The number of hydrogen-bond donors (Lipinski definition) is 2. The fraction of sp³-hybridized carbons (Fsp3) is 1.00. The van der Waals surface area contributed by atoms with Gasteiger partial charge in [-0.1, -0.05) is 19.3 Å². The number of likely N-dealkylation sites (N-methyl/N-ethyl adjacent to an activating group) is 1. The van der Waals surface area contributed by atoms with E-state index in [0.29, 0.717) is 24.1 Å². The van der Waals surface area contributed by atoms with E-state index in [1.54, 1.807) is 0 Å². The molecule has 1 spiro atoms. The van der Waals surface area contributed by atoms with Crippen molar-refractivity contribution in [2.45, 2.75) is 63.7 Å². The SMILES string of the molecule is CCOC1CC(NCC(O)CN(C)C)C12CCCCC2. The van der Waals surface area contributed by atoms with Gasteiger partial charge in [0.25, 0.3) is 0 Å². The van der Waals surface area contributed by atoms with Gasteiger partial charge in [-0.25, -0.2) is 0 Å². The highest BCUT2D eigenvalue weighted by Gasteiger charge is 2.55. The van der Waals surface area contributed by atoms with Crippen LogP contribution in [0.5, 0.6) is 0 Å². The van der Waals surface area contributed by atoms with Gasteiger partial charge in [0.2, 0.25) is 0 Å². The highest BCUT2D eigenvalue weighted by atomic mass is 16.5. The third-order valence-corrected chi connectivity index (χ3v) is 5.11. The second-order valence-electron chi connectivity index (χ2n) is 6.85. The molecule has 0 heterocycles. The molecule has 0 aromatic rings. The van der Waals surface area contributed by atoms with Gasteiger partial charge in [-0.15, -0.1) is 0 Å². The van der Waals surface area contributed by atoms with E-state index in [1.165, 1.54) is 32.1 Å². The quantitative estimate of drug-likeness (QED) is 0.746. The van der Waals surface area contributed by atoms with Crippen LogP contribution in [-0.4, -0.2) is 62.0 Å². The summed E-state index contributed by atoms with van der Waals surface area (Å²) in [5, 5.41) is 13.6. The van der Waals surface area contributed by atoms with Gasteiger partial charge >= 0.3 is 0 Å². The monoisotopic (exact) mass is 284 g/mol. The Labute approximate surface area is 123 Å². The van der Waals surface area contributed by atoms with Crippen molar-refractivity contribution in [2.75, 3.05) is 33.8 Å². The van der Waals surface area contributed by atoms with Gasteiger partial charge in [-0.2, -0.15) is 0 Å². The summed E-state index contributed by atoms with van der Waals surface area (Å²) in [7, 11) is 4.00. The molecule has 4 heteroatoms. The molecular weight excluding hydrogens is 252 g/mol. The molecule has 2 aliphatic rings. The van der Waals surface area contributed by atoms with Crippen molar-refractivity contribution in [1.29, 1.82) is 0 Å². The van der Waals surface area contributed by atoms with E-state index in [4.69, 9.17) is 4.74 Å². The molecule has 0 aliphatic heterocycles. The van der Waals surface area contributed by atoms with Crippen LogP contribution in [0.4, 0.5) is 0 Å². The first-order chi connectivity index (χ1) is 9.58. The molecule has 0 saturated heterocycles. The smallest absolute Gasteiger partial charge is 0.0791 e. The van der Waals surface area contributed by atoms with E-state index >= 15 is 0 Å². The van der Waals surface area contributed by atoms with Crippen LogP contribution >= 0.6 is 0 Å². The minimum absolute atomic E-state index is 0.281. The average molecular weight is 284 g/mol. The van der Waals surface area contributed by atoms with Gasteiger partial charge in [0, 0.05) is 31.2 Å². The number of aliphatic hydroxyl groups excluding tert-OH is 1. The van der Waals surface area contributed by atoms with Crippen molar-refractivity contribution in [3.8, 4) is 0 Å². The molecule has 2 N–H and O–H groups in total. The summed E-state index contributed by atoms with van der Waals surface area (Å²) in [6.07, 6.45) is 7.90. The van der Waals surface area contributed by atoms with Crippen LogP contribution in [0.3, 0.4) is 0 Å². The third-order valence-electron chi connectivity index (χ3n) is 5.11. The molecule has 2 fully saturated rings. The molecule has 0 bridgehead atoms. The lowest BCUT2D eigenvalue weighted by atomic mass is 9.55. The third kappa shape index (κ3) is 3.53. The molecule has 2 aliphatic carbocycles. The van der Waals surface area contributed by atoms with Gasteiger partial charge in [0.1, 0.15) is 0 Å². The van der Waals surface area contributed by atoms with Crippen LogP contribution in [-0.2, 0) is 4.74 Å². The van der Waals surface area contributed by atoms with E-state index in [1.807, 2.05) is 19.0 Å². The zero-order chi connectivity index (χ0) is 14.6. The Morgan fingerprint density at radius 2 is 2.00 bits per heavy atom. The van der Waals surface area contributed by atoms with Crippen molar-refractivity contribution in [3.63, 3.8) is 0 Å². The number of ether oxygens (including phenoxy) is 1. The Hall–Kier alpha value is -0.160. The second kappa shape index (κ2) is 7.21. The Kier molecular flexibility index (Phi) is 5.84. The Bertz CT molecular complexity index is 290. The first-order valence-corrected chi connectivity index (χ1v) is 8.26. The maximum atomic E-state index is 10.0. The van der Waals surface area contributed by atoms with Crippen molar-refractivity contribution in [3.05, 3.63) is 0 Å². The van der Waals surface area contributed by atoms with Crippen LogP contribution in [0.2, 0.25) is 0 Å². The minimum Gasteiger partial charge on any atom is -0.390 e. The molecule has 2 saturated carbocycles. The number of nitrogens with zero attached hydrogens (tertiary/aromatic N) is 1. The Morgan fingerprint density at radius 1 is 1.30 bits per heavy atom. The van der Waals surface area contributed by atoms with Gasteiger partial charge in [0.15, 0.2) is 0 Å². The largest absolute Gasteiger partial charge is 0.390 e. The maximum absolute atomic E-state index is 10.0.